The minimum absolute atomic E-state index is 0.0748. The molecule has 0 N–H and O–H groups in total. The Bertz CT molecular complexity index is 341. The molecule has 0 saturated heterocycles. The van der Waals surface area contributed by atoms with Crippen molar-refractivity contribution in [2.24, 2.45) is 5.92 Å². The number of carbonyl (C=O) groups excluding carboxylic acids is 1. The zero-order valence-electron chi connectivity index (χ0n) is 19.8. The molecule has 0 aromatic rings. The number of hydrogen-bond donors (Lipinski definition) is 0. The van der Waals surface area contributed by atoms with Gasteiger partial charge in [-0.1, -0.05) is 91.4 Å². The minimum Gasteiger partial charge on any atom is -0.469 e. The van der Waals surface area contributed by atoms with Gasteiger partial charge in [-0.05, 0) is 38.5 Å². The number of ether oxygens (including phenoxy) is 2. The summed E-state index contributed by atoms with van der Waals surface area (Å²) in [6.07, 6.45) is 20.3. The lowest BCUT2D eigenvalue weighted by molar-refractivity contribution is -0.140. The third-order valence-electron chi connectivity index (χ3n) is 5.49. The summed E-state index contributed by atoms with van der Waals surface area (Å²) in [5.74, 6) is 0.637. The van der Waals surface area contributed by atoms with E-state index in [1.807, 2.05) is 0 Å². The lowest BCUT2D eigenvalue weighted by Crippen LogP contribution is -2.21. The van der Waals surface area contributed by atoms with E-state index >= 15 is 0 Å². The van der Waals surface area contributed by atoms with Gasteiger partial charge in [0, 0.05) is 6.42 Å². The molecule has 0 aromatic carbocycles. The Morgan fingerprint density at radius 3 is 1.75 bits per heavy atom. The molecule has 0 spiro atoms. The van der Waals surface area contributed by atoms with Crippen LogP contribution in [0, 0.1) is 5.92 Å². The Labute approximate surface area is 176 Å². The van der Waals surface area contributed by atoms with E-state index in [4.69, 9.17) is 4.74 Å². The molecule has 28 heavy (non-hydrogen) atoms. The summed E-state index contributed by atoms with van der Waals surface area (Å²) in [6, 6.07) is 0. The van der Waals surface area contributed by atoms with Crippen molar-refractivity contribution in [1.29, 1.82) is 0 Å². The quantitative estimate of drug-likeness (QED) is 0.155. The summed E-state index contributed by atoms with van der Waals surface area (Å²) in [4.78, 5) is 11.1. The molecule has 168 valence electrons. The van der Waals surface area contributed by atoms with Crippen LogP contribution in [0.1, 0.15) is 130 Å². The molecule has 0 aromatic heterocycles. The monoisotopic (exact) mass is 398 g/mol. The molecule has 2 atom stereocenters. The molecule has 0 rings (SSSR count). The van der Waals surface area contributed by atoms with Crippen LogP contribution < -0.4 is 0 Å². The summed E-state index contributed by atoms with van der Waals surface area (Å²) >= 11 is 0. The zero-order chi connectivity index (χ0) is 21.0. The van der Waals surface area contributed by atoms with Gasteiger partial charge >= 0.3 is 5.97 Å². The highest BCUT2D eigenvalue weighted by Gasteiger charge is 2.14. The lowest BCUT2D eigenvalue weighted by Gasteiger charge is -2.24. The minimum atomic E-state index is -0.0748. The van der Waals surface area contributed by atoms with Gasteiger partial charge in [0.25, 0.3) is 0 Å². The number of methoxy groups -OCH3 is 1. The maximum Gasteiger partial charge on any atom is 0.305 e. The van der Waals surface area contributed by atoms with Gasteiger partial charge in [-0.25, -0.2) is 0 Å². The highest BCUT2D eigenvalue weighted by molar-refractivity contribution is 5.68. The van der Waals surface area contributed by atoms with E-state index in [-0.39, 0.29) is 5.97 Å². The van der Waals surface area contributed by atoms with E-state index in [0.29, 0.717) is 24.5 Å². The molecule has 0 aliphatic carbocycles. The van der Waals surface area contributed by atoms with Crippen LogP contribution in [0.15, 0.2) is 0 Å². The summed E-state index contributed by atoms with van der Waals surface area (Å²) in [7, 11) is 1.47. The van der Waals surface area contributed by atoms with E-state index in [0.717, 1.165) is 12.8 Å². The number of carbonyl (C=O) groups is 1. The van der Waals surface area contributed by atoms with E-state index < -0.39 is 0 Å². The number of rotatable bonds is 20. The summed E-state index contributed by atoms with van der Waals surface area (Å²) in [5.41, 5.74) is 0. The molecular formula is C25H50O3. The smallest absolute Gasteiger partial charge is 0.305 e. The summed E-state index contributed by atoms with van der Waals surface area (Å²) in [5, 5.41) is 0. The fourth-order valence-corrected chi connectivity index (χ4v) is 3.93. The van der Waals surface area contributed by atoms with Crippen LogP contribution in [-0.2, 0) is 14.3 Å². The molecule has 0 bridgehead atoms. The van der Waals surface area contributed by atoms with Crippen LogP contribution in [0.3, 0.4) is 0 Å². The van der Waals surface area contributed by atoms with Crippen molar-refractivity contribution in [3.8, 4) is 0 Å². The molecule has 0 fully saturated rings. The Kier molecular flexibility index (Phi) is 19.3. The second-order valence-corrected chi connectivity index (χ2v) is 8.99. The van der Waals surface area contributed by atoms with Crippen molar-refractivity contribution < 1.29 is 14.3 Å². The van der Waals surface area contributed by atoms with E-state index in [2.05, 4.69) is 32.4 Å². The van der Waals surface area contributed by atoms with E-state index in [1.54, 1.807) is 0 Å². The normalized spacial score (nSPS) is 13.6. The van der Waals surface area contributed by atoms with Gasteiger partial charge in [-0.3, -0.25) is 4.79 Å². The predicted molar refractivity (Wildman–Crippen MR) is 121 cm³/mol. The first kappa shape index (κ1) is 27.4. The van der Waals surface area contributed by atoms with E-state index in [9.17, 15) is 4.79 Å². The SMILES string of the molecule is CCCCCCC(CCCCCCCCCCC(=O)OC)OC(C)CC(C)C. The van der Waals surface area contributed by atoms with Gasteiger partial charge in [0.05, 0.1) is 19.3 Å². The van der Waals surface area contributed by atoms with Gasteiger partial charge in [0.2, 0.25) is 0 Å². The topological polar surface area (TPSA) is 35.5 Å². The van der Waals surface area contributed by atoms with Gasteiger partial charge in [-0.2, -0.15) is 0 Å². The van der Waals surface area contributed by atoms with Gasteiger partial charge in [0.15, 0.2) is 0 Å². The predicted octanol–water partition coefficient (Wildman–Crippen LogP) is 7.85. The Hall–Kier alpha value is -0.570. The van der Waals surface area contributed by atoms with Gasteiger partial charge in [0.1, 0.15) is 0 Å². The highest BCUT2D eigenvalue weighted by atomic mass is 16.5. The van der Waals surface area contributed by atoms with Crippen LogP contribution in [-0.4, -0.2) is 25.3 Å². The van der Waals surface area contributed by atoms with Crippen molar-refractivity contribution in [3.05, 3.63) is 0 Å². The van der Waals surface area contributed by atoms with Crippen LogP contribution in [0.2, 0.25) is 0 Å². The standard InChI is InChI=1S/C25H50O3/c1-6-7-8-15-18-24(28-23(4)21-22(2)3)19-16-13-11-9-10-12-14-17-20-25(26)27-5/h22-24H,6-21H2,1-5H3. The van der Waals surface area contributed by atoms with Gasteiger partial charge < -0.3 is 9.47 Å². The van der Waals surface area contributed by atoms with Crippen LogP contribution in [0.4, 0.5) is 0 Å². The van der Waals surface area contributed by atoms with Crippen molar-refractivity contribution in [2.75, 3.05) is 7.11 Å². The average molecular weight is 399 g/mol. The molecule has 0 amide bonds. The molecule has 0 heterocycles. The first-order chi connectivity index (χ1) is 13.5. The molecule has 3 nitrogen and oxygen atoms in total. The van der Waals surface area contributed by atoms with Crippen LogP contribution in [0.5, 0.6) is 0 Å². The first-order valence-corrected chi connectivity index (χ1v) is 12.2. The van der Waals surface area contributed by atoms with E-state index in [1.165, 1.54) is 90.6 Å². The van der Waals surface area contributed by atoms with Crippen molar-refractivity contribution in [3.63, 3.8) is 0 Å². The largest absolute Gasteiger partial charge is 0.469 e. The second-order valence-electron chi connectivity index (χ2n) is 8.99. The third kappa shape index (κ3) is 18.8. The lowest BCUT2D eigenvalue weighted by atomic mass is 10.0. The molecule has 0 radical (unpaired) electrons. The number of esters is 1. The molecular weight excluding hydrogens is 348 g/mol. The van der Waals surface area contributed by atoms with Crippen molar-refractivity contribution in [2.45, 2.75) is 143 Å². The van der Waals surface area contributed by atoms with Crippen molar-refractivity contribution in [1.82, 2.24) is 0 Å². The third-order valence-corrected chi connectivity index (χ3v) is 5.49. The summed E-state index contributed by atoms with van der Waals surface area (Å²) < 4.78 is 11.1. The molecule has 2 unspecified atom stereocenters. The fraction of sp³-hybridized carbons (Fsp3) is 0.960. The van der Waals surface area contributed by atoms with Crippen LogP contribution >= 0.6 is 0 Å². The fourth-order valence-electron chi connectivity index (χ4n) is 3.93. The Balaban J connectivity index is 3.79. The molecule has 0 saturated carbocycles. The molecule has 0 aliphatic rings. The zero-order valence-corrected chi connectivity index (χ0v) is 19.8. The highest BCUT2D eigenvalue weighted by Crippen LogP contribution is 2.20. The Morgan fingerprint density at radius 2 is 1.25 bits per heavy atom. The molecule has 3 heteroatoms. The average Bonchev–Trinajstić information content (AvgIpc) is 2.65. The van der Waals surface area contributed by atoms with Crippen molar-refractivity contribution >= 4 is 5.97 Å². The Morgan fingerprint density at radius 1 is 0.750 bits per heavy atom. The molecule has 0 aliphatic heterocycles. The van der Waals surface area contributed by atoms with Crippen LogP contribution in [0.25, 0.3) is 0 Å². The first-order valence-electron chi connectivity index (χ1n) is 12.2. The summed E-state index contributed by atoms with van der Waals surface area (Å²) in [6.45, 7) is 9.09. The second kappa shape index (κ2) is 19.7. The van der Waals surface area contributed by atoms with Gasteiger partial charge in [-0.15, -0.1) is 0 Å². The maximum atomic E-state index is 11.1. The number of unbranched alkanes of at least 4 members (excludes halogenated alkanes) is 10. The maximum absolute atomic E-state index is 11.1. The number of hydrogen-bond acceptors (Lipinski definition) is 3.